The maximum absolute atomic E-state index is 12.4. The Hall–Kier alpha value is -3.02. The molecule has 10 nitrogen and oxygen atoms in total. The Labute approximate surface area is 213 Å². The highest BCUT2D eigenvalue weighted by atomic mass is 35.5. The van der Waals surface area contributed by atoms with Gasteiger partial charge in [0.25, 0.3) is 5.91 Å². The van der Waals surface area contributed by atoms with E-state index in [1.807, 2.05) is 20.8 Å². The number of anilines is 2. The molecule has 2 heterocycles. The van der Waals surface area contributed by atoms with E-state index in [0.29, 0.717) is 34.5 Å². The number of nitrogens with one attached hydrogen (secondary N) is 1. The van der Waals surface area contributed by atoms with Crippen molar-refractivity contribution in [1.29, 1.82) is 0 Å². The number of ether oxygens (including phenoxy) is 2. The van der Waals surface area contributed by atoms with Crippen LogP contribution in [0.1, 0.15) is 30.4 Å². The molecule has 1 atom stereocenters. The molecule has 1 aromatic carbocycles. The number of carbonyl (C=O) groups excluding carboxylic acids is 3. The molecule has 3 N–H and O–H groups in total. The van der Waals surface area contributed by atoms with Crippen molar-refractivity contribution in [2.45, 2.75) is 32.5 Å². The van der Waals surface area contributed by atoms with Crippen LogP contribution in [0.2, 0.25) is 4.34 Å². The van der Waals surface area contributed by atoms with Gasteiger partial charge in [-0.3, -0.25) is 9.69 Å². The molecule has 0 radical (unpaired) electrons. The van der Waals surface area contributed by atoms with Crippen LogP contribution in [0.5, 0.6) is 0 Å². The van der Waals surface area contributed by atoms with E-state index in [1.165, 1.54) is 26.1 Å². The lowest BCUT2D eigenvalue weighted by Gasteiger charge is -2.26. The van der Waals surface area contributed by atoms with E-state index in [9.17, 15) is 14.4 Å². The van der Waals surface area contributed by atoms with Crippen LogP contribution in [0.25, 0.3) is 0 Å². The molecule has 0 aliphatic carbocycles. The number of thiophene rings is 1. The minimum absolute atomic E-state index is 0.191. The van der Waals surface area contributed by atoms with E-state index in [4.69, 9.17) is 26.9 Å². The SMILES string of the molecule is CN(CCN(N)c1ccc(N2C[C@H](CNC(=O)c3ccc(Cl)s3)OC2=O)cc1)C(=O)OC(C)(C)C. The van der Waals surface area contributed by atoms with E-state index in [-0.39, 0.29) is 12.5 Å². The Morgan fingerprint density at radius 3 is 2.51 bits per heavy atom. The third-order valence-electron chi connectivity index (χ3n) is 5.04. The van der Waals surface area contributed by atoms with Crippen LogP contribution < -0.4 is 21.1 Å². The van der Waals surface area contributed by atoms with Crippen molar-refractivity contribution in [3.8, 4) is 0 Å². The van der Waals surface area contributed by atoms with Crippen LogP contribution in [0.15, 0.2) is 36.4 Å². The monoisotopic (exact) mass is 523 g/mol. The van der Waals surface area contributed by atoms with E-state index in [1.54, 1.807) is 43.4 Å². The number of cyclic esters (lactones) is 1. The van der Waals surface area contributed by atoms with E-state index in [0.717, 1.165) is 5.69 Å². The van der Waals surface area contributed by atoms with Gasteiger partial charge in [-0.1, -0.05) is 11.6 Å². The van der Waals surface area contributed by atoms with Gasteiger partial charge in [0.1, 0.15) is 11.7 Å². The number of halogens is 1. The summed E-state index contributed by atoms with van der Waals surface area (Å²) in [5, 5.41) is 4.28. The highest BCUT2D eigenvalue weighted by molar-refractivity contribution is 7.18. The first kappa shape index (κ1) is 26.6. The van der Waals surface area contributed by atoms with Crippen molar-refractivity contribution in [3.05, 3.63) is 45.6 Å². The van der Waals surface area contributed by atoms with Gasteiger partial charge in [0.2, 0.25) is 0 Å². The van der Waals surface area contributed by atoms with E-state index >= 15 is 0 Å². The minimum Gasteiger partial charge on any atom is -0.444 e. The normalized spacial score (nSPS) is 15.5. The summed E-state index contributed by atoms with van der Waals surface area (Å²) in [5.74, 6) is 5.88. The molecule has 2 aromatic rings. The van der Waals surface area contributed by atoms with Crippen molar-refractivity contribution >= 4 is 52.4 Å². The quantitative estimate of drug-likeness (QED) is 0.400. The number of hydrazine groups is 1. The van der Waals surface area contributed by atoms with Gasteiger partial charge in [0, 0.05) is 19.3 Å². The third-order valence-corrected chi connectivity index (χ3v) is 6.27. The number of carbonyl (C=O) groups is 3. The van der Waals surface area contributed by atoms with Crippen LogP contribution in [-0.4, -0.2) is 67.9 Å². The lowest BCUT2D eigenvalue weighted by atomic mass is 10.2. The maximum Gasteiger partial charge on any atom is 0.414 e. The van der Waals surface area contributed by atoms with Gasteiger partial charge in [0.15, 0.2) is 0 Å². The topological polar surface area (TPSA) is 117 Å². The third kappa shape index (κ3) is 7.48. The first-order chi connectivity index (χ1) is 16.4. The average molecular weight is 524 g/mol. The highest BCUT2D eigenvalue weighted by Gasteiger charge is 2.32. The first-order valence-corrected chi connectivity index (χ1v) is 12.2. The molecule has 1 aromatic heterocycles. The Balaban J connectivity index is 1.49. The molecule has 1 aliphatic rings. The zero-order valence-corrected chi connectivity index (χ0v) is 21.7. The molecule has 12 heteroatoms. The molecule has 0 saturated carbocycles. The number of amides is 3. The molecule has 0 bridgehead atoms. The molecule has 3 amide bonds. The summed E-state index contributed by atoms with van der Waals surface area (Å²) in [5.41, 5.74) is 0.803. The second-order valence-corrected chi connectivity index (χ2v) is 10.8. The Morgan fingerprint density at radius 2 is 1.91 bits per heavy atom. The van der Waals surface area contributed by atoms with E-state index in [2.05, 4.69) is 5.32 Å². The van der Waals surface area contributed by atoms with Gasteiger partial charge in [0.05, 0.1) is 34.5 Å². The standard InChI is InChI=1S/C23H30ClN5O5S/c1-23(2,3)34-21(31)27(4)11-12-29(25)16-7-5-15(6-8-16)28-14-17(33-22(28)32)13-26-20(30)18-9-10-19(24)35-18/h5-10,17H,11-14,25H2,1-4H3,(H,26,30)/t17-/m0/s1. The highest BCUT2D eigenvalue weighted by Crippen LogP contribution is 2.25. The minimum atomic E-state index is -0.566. The molecular weight excluding hydrogens is 494 g/mol. The lowest BCUT2D eigenvalue weighted by molar-refractivity contribution is 0.0303. The summed E-state index contributed by atoms with van der Waals surface area (Å²) in [6.45, 7) is 6.68. The summed E-state index contributed by atoms with van der Waals surface area (Å²) in [7, 11) is 1.65. The molecule has 0 spiro atoms. The summed E-state index contributed by atoms with van der Waals surface area (Å²) in [6, 6.07) is 10.4. The van der Waals surface area contributed by atoms with Gasteiger partial charge < -0.3 is 24.7 Å². The fourth-order valence-electron chi connectivity index (χ4n) is 3.21. The zero-order chi connectivity index (χ0) is 25.8. The van der Waals surface area contributed by atoms with E-state index < -0.39 is 23.9 Å². The molecule has 1 saturated heterocycles. The van der Waals surface area contributed by atoms with Crippen molar-refractivity contribution in [2.24, 2.45) is 5.84 Å². The van der Waals surface area contributed by atoms with Crippen LogP contribution >= 0.6 is 22.9 Å². The lowest BCUT2D eigenvalue weighted by Crippen LogP contribution is -2.41. The Bertz CT molecular complexity index is 1060. The van der Waals surface area contributed by atoms with Crippen LogP contribution in [0.3, 0.4) is 0 Å². The van der Waals surface area contributed by atoms with Gasteiger partial charge in [-0.2, -0.15) is 0 Å². The smallest absolute Gasteiger partial charge is 0.414 e. The van der Waals surface area contributed by atoms with Gasteiger partial charge in [-0.15, -0.1) is 11.3 Å². The molecule has 0 unspecified atom stereocenters. The number of hydrogen-bond donors (Lipinski definition) is 2. The van der Waals surface area contributed by atoms with Gasteiger partial charge in [-0.05, 0) is 57.2 Å². The van der Waals surface area contributed by atoms with Crippen LogP contribution in [0.4, 0.5) is 21.0 Å². The van der Waals surface area contributed by atoms with Crippen LogP contribution in [-0.2, 0) is 9.47 Å². The number of rotatable bonds is 8. The number of likely N-dealkylation sites (N-methyl/N-ethyl adjacent to an activating group) is 1. The predicted molar refractivity (Wildman–Crippen MR) is 136 cm³/mol. The average Bonchev–Trinajstić information content (AvgIpc) is 3.39. The zero-order valence-electron chi connectivity index (χ0n) is 20.1. The molecule has 35 heavy (non-hydrogen) atoms. The molecular formula is C23H30ClN5O5S. The predicted octanol–water partition coefficient (Wildman–Crippen LogP) is 3.70. The van der Waals surface area contributed by atoms with Gasteiger partial charge >= 0.3 is 12.2 Å². The molecule has 3 rings (SSSR count). The van der Waals surface area contributed by atoms with Crippen molar-refractivity contribution in [3.63, 3.8) is 0 Å². The molecule has 1 fully saturated rings. The summed E-state index contributed by atoms with van der Waals surface area (Å²) in [4.78, 5) is 40.1. The Morgan fingerprint density at radius 1 is 1.23 bits per heavy atom. The fraction of sp³-hybridized carbons (Fsp3) is 0.435. The Kier molecular flexibility index (Phi) is 8.47. The maximum atomic E-state index is 12.4. The summed E-state index contributed by atoms with van der Waals surface area (Å²) < 4.78 is 11.2. The number of nitrogens with two attached hydrogens (primary N) is 1. The summed E-state index contributed by atoms with van der Waals surface area (Å²) >= 11 is 7.05. The van der Waals surface area contributed by atoms with Gasteiger partial charge in [-0.25, -0.2) is 15.4 Å². The second-order valence-electron chi connectivity index (χ2n) is 9.04. The fourth-order valence-corrected chi connectivity index (χ4v) is 4.17. The molecule has 1 aliphatic heterocycles. The van der Waals surface area contributed by atoms with Crippen LogP contribution in [0, 0.1) is 0 Å². The first-order valence-electron chi connectivity index (χ1n) is 11.0. The number of hydrogen-bond acceptors (Lipinski definition) is 8. The second kappa shape index (κ2) is 11.1. The molecule has 190 valence electrons. The van der Waals surface area contributed by atoms with Crippen molar-refractivity contribution < 1.29 is 23.9 Å². The number of benzene rings is 1. The summed E-state index contributed by atoms with van der Waals surface area (Å²) in [6.07, 6.45) is -1.38. The van der Waals surface area contributed by atoms with Crippen molar-refractivity contribution in [2.75, 3.05) is 43.1 Å². The largest absolute Gasteiger partial charge is 0.444 e. The van der Waals surface area contributed by atoms with Crippen molar-refractivity contribution in [1.82, 2.24) is 10.2 Å². The number of nitrogens with zero attached hydrogens (tertiary/aromatic N) is 3.